The van der Waals surface area contributed by atoms with Crippen molar-refractivity contribution >= 4 is 17.2 Å². The van der Waals surface area contributed by atoms with E-state index in [-0.39, 0.29) is 11.9 Å². The Hall–Kier alpha value is -1.66. The van der Waals surface area contributed by atoms with Crippen molar-refractivity contribution in [2.75, 3.05) is 0 Å². The molecule has 0 radical (unpaired) electrons. The van der Waals surface area contributed by atoms with Crippen molar-refractivity contribution in [3.05, 3.63) is 29.0 Å². The second-order valence-corrected chi connectivity index (χ2v) is 6.54. The van der Waals surface area contributed by atoms with Gasteiger partial charge < -0.3 is 14.8 Å². The van der Waals surface area contributed by atoms with Crippen LogP contribution < -0.4 is 5.32 Å². The molecule has 0 unspecified atom stereocenters. The third kappa shape index (κ3) is 3.01. The molecule has 6 heteroatoms. The summed E-state index contributed by atoms with van der Waals surface area (Å²) in [6.07, 6.45) is 4.76. The van der Waals surface area contributed by atoms with E-state index < -0.39 is 6.10 Å². The minimum Gasteiger partial charge on any atom is -0.462 e. The van der Waals surface area contributed by atoms with Crippen LogP contribution in [0.2, 0.25) is 0 Å². The van der Waals surface area contributed by atoms with E-state index in [0.717, 1.165) is 30.6 Å². The van der Waals surface area contributed by atoms with Crippen LogP contribution in [-0.2, 0) is 0 Å². The standard InChI is InChI=1S/C15H18N2O3S/c1-9-13(17-15(21-9)12-7-4-8-20-12)14(19)16-10-5-2-3-6-11(10)18/h4,7-8,10-11,18H,2-3,5-6H2,1H3,(H,16,19)/t10-,11-/m1/s1. The summed E-state index contributed by atoms with van der Waals surface area (Å²) in [6, 6.07) is 3.45. The van der Waals surface area contributed by atoms with Crippen LogP contribution in [0.4, 0.5) is 0 Å². The van der Waals surface area contributed by atoms with Gasteiger partial charge in [0.25, 0.3) is 5.91 Å². The molecular formula is C15H18N2O3S. The molecule has 2 N–H and O–H groups in total. The van der Waals surface area contributed by atoms with Crippen LogP contribution in [0.1, 0.15) is 41.0 Å². The summed E-state index contributed by atoms with van der Waals surface area (Å²) in [5.41, 5.74) is 0.421. The van der Waals surface area contributed by atoms with Gasteiger partial charge in [-0.1, -0.05) is 12.8 Å². The Labute approximate surface area is 127 Å². The van der Waals surface area contributed by atoms with E-state index in [4.69, 9.17) is 4.42 Å². The van der Waals surface area contributed by atoms with Crippen LogP contribution in [0.25, 0.3) is 10.8 Å². The number of aryl methyl sites for hydroxylation is 1. The lowest BCUT2D eigenvalue weighted by atomic mass is 9.92. The van der Waals surface area contributed by atoms with Gasteiger partial charge in [-0.05, 0) is 31.9 Å². The number of aliphatic hydroxyl groups excluding tert-OH is 1. The molecule has 1 amide bonds. The molecule has 1 aliphatic carbocycles. The quantitative estimate of drug-likeness (QED) is 0.914. The molecule has 5 nitrogen and oxygen atoms in total. The zero-order chi connectivity index (χ0) is 14.8. The first-order valence-corrected chi connectivity index (χ1v) is 7.97. The van der Waals surface area contributed by atoms with Crippen molar-refractivity contribution in [1.29, 1.82) is 0 Å². The number of nitrogens with zero attached hydrogens (tertiary/aromatic N) is 1. The average Bonchev–Trinajstić information content (AvgIpc) is 3.10. The lowest BCUT2D eigenvalue weighted by Crippen LogP contribution is -2.45. The number of hydrogen-bond donors (Lipinski definition) is 2. The molecule has 2 heterocycles. The van der Waals surface area contributed by atoms with E-state index in [0.29, 0.717) is 16.5 Å². The van der Waals surface area contributed by atoms with E-state index in [1.54, 1.807) is 12.3 Å². The maximum absolute atomic E-state index is 12.4. The number of hydrogen-bond acceptors (Lipinski definition) is 5. The van der Waals surface area contributed by atoms with Gasteiger partial charge in [0.15, 0.2) is 10.8 Å². The van der Waals surface area contributed by atoms with Gasteiger partial charge in [0, 0.05) is 4.88 Å². The molecule has 2 atom stereocenters. The molecule has 112 valence electrons. The minimum atomic E-state index is -0.453. The Morgan fingerprint density at radius 3 is 3.00 bits per heavy atom. The van der Waals surface area contributed by atoms with E-state index in [2.05, 4.69) is 10.3 Å². The molecular weight excluding hydrogens is 288 g/mol. The smallest absolute Gasteiger partial charge is 0.271 e. The highest BCUT2D eigenvalue weighted by atomic mass is 32.1. The Bertz CT molecular complexity index is 621. The summed E-state index contributed by atoms with van der Waals surface area (Å²) in [5.74, 6) is 0.451. The molecule has 0 aromatic carbocycles. The van der Waals surface area contributed by atoms with Crippen LogP contribution >= 0.6 is 11.3 Å². The molecule has 1 aliphatic rings. The summed E-state index contributed by atoms with van der Waals surface area (Å²) >= 11 is 1.44. The lowest BCUT2D eigenvalue weighted by molar-refractivity contribution is 0.0714. The molecule has 21 heavy (non-hydrogen) atoms. The zero-order valence-corrected chi connectivity index (χ0v) is 12.7. The largest absolute Gasteiger partial charge is 0.462 e. The molecule has 0 aliphatic heterocycles. The van der Waals surface area contributed by atoms with Gasteiger partial charge in [-0.25, -0.2) is 4.98 Å². The Morgan fingerprint density at radius 2 is 2.29 bits per heavy atom. The van der Waals surface area contributed by atoms with Crippen LogP contribution in [0, 0.1) is 6.92 Å². The van der Waals surface area contributed by atoms with Gasteiger partial charge in [0.2, 0.25) is 0 Å². The van der Waals surface area contributed by atoms with Gasteiger partial charge in [-0.15, -0.1) is 11.3 Å². The molecule has 3 rings (SSSR count). The Morgan fingerprint density at radius 1 is 1.48 bits per heavy atom. The molecule has 1 saturated carbocycles. The number of thiazole rings is 1. The van der Waals surface area contributed by atoms with Crippen LogP contribution in [-0.4, -0.2) is 28.1 Å². The first-order chi connectivity index (χ1) is 10.1. The summed E-state index contributed by atoms with van der Waals surface area (Å²) in [7, 11) is 0. The first-order valence-electron chi connectivity index (χ1n) is 7.15. The third-order valence-corrected chi connectivity index (χ3v) is 4.77. The molecule has 2 aromatic heterocycles. The van der Waals surface area contributed by atoms with Crippen molar-refractivity contribution in [2.45, 2.75) is 44.8 Å². The van der Waals surface area contributed by atoms with Crippen LogP contribution in [0.15, 0.2) is 22.8 Å². The molecule has 0 saturated heterocycles. The van der Waals surface area contributed by atoms with E-state index >= 15 is 0 Å². The average molecular weight is 306 g/mol. The fraction of sp³-hybridized carbons (Fsp3) is 0.467. The van der Waals surface area contributed by atoms with Gasteiger partial charge in [-0.3, -0.25) is 4.79 Å². The van der Waals surface area contributed by atoms with Gasteiger partial charge in [0.1, 0.15) is 5.69 Å². The summed E-state index contributed by atoms with van der Waals surface area (Å²) < 4.78 is 5.31. The van der Waals surface area contributed by atoms with E-state index in [9.17, 15) is 9.90 Å². The predicted molar refractivity (Wildman–Crippen MR) is 80.3 cm³/mol. The lowest BCUT2D eigenvalue weighted by Gasteiger charge is -2.28. The first kappa shape index (κ1) is 14.3. The Kier molecular flexibility index (Phi) is 4.07. The van der Waals surface area contributed by atoms with Crippen molar-refractivity contribution in [2.24, 2.45) is 0 Å². The predicted octanol–water partition coefficient (Wildman–Crippen LogP) is 2.74. The van der Waals surface area contributed by atoms with Crippen molar-refractivity contribution in [3.8, 4) is 10.8 Å². The van der Waals surface area contributed by atoms with Crippen LogP contribution in [0.5, 0.6) is 0 Å². The van der Waals surface area contributed by atoms with Crippen molar-refractivity contribution in [3.63, 3.8) is 0 Å². The monoisotopic (exact) mass is 306 g/mol. The number of rotatable bonds is 3. The molecule has 0 bridgehead atoms. The molecule has 0 spiro atoms. The molecule has 1 fully saturated rings. The second kappa shape index (κ2) is 5.99. The number of carbonyl (C=O) groups is 1. The third-order valence-electron chi connectivity index (χ3n) is 3.79. The van der Waals surface area contributed by atoms with Crippen molar-refractivity contribution in [1.82, 2.24) is 10.3 Å². The minimum absolute atomic E-state index is 0.167. The normalized spacial score (nSPS) is 22.2. The topological polar surface area (TPSA) is 75.4 Å². The highest BCUT2D eigenvalue weighted by molar-refractivity contribution is 7.15. The number of nitrogens with one attached hydrogen (secondary N) is 1. The summed E-state index contributed by atoms with van der Waals surface area (Å²) in [5, 5.41) is 13.6. The number of furan rings is 1. The maximum atomic E-state index is 12.4. The van der Waals surface area contributed by atoms with E-state index in [1.165, 1.54) is 11.3 Å². The van der Waals surface area contributed by atoms with Crippen LogP contribution in [0.3, 0.4) is 0 Å². The number of aliphatic hydroxyl groups is 1. The Balaban J connectivity index is 1.75. The summed E-state index contributed by atoms with van der Waals surface area (Å²) in [4.78, 5) is 17.6. The molecule has 2 aromatic rings. The highest BCUT2D eigenvalue weighted by Crippen LogP contribution is 2.28. The zero-order valence-electron chi connectivity index (χ0n) is 11.8. The number of aromatic nitrogens is 1. The number of amides is 1. The van der Waals surface area contributed by atoms with Crippen molar-refractivity contribution < 1.29 is 14.3 Å². The van der Waals surface area contributed by atoms with Gasteiger partial charge >= 0.3 is 0 Å². The van der Waals surface area contributed by atoms with E-state index in [1.807, 2.05) is 13.0 Å². The van der Waals surface area contributed by atoms with Gasteiger partial charge in [-0.2, -0.15) is 0 Å². The fourth-order valence-corrected chi connectivity index (χ4v) is 3.51. The highest BCUT2D eigenvalue weighted by Gasteiger charge is 2.26. The fourth-order valence-electron chi connectivity index (χ4n) is 2.63. The second-order valence-electron chi connectivity index (χ2n) is 5.33. The number of carbonyl (C=O) groups excluding carboxylic acids is 1. The van der Waals surface area contributed by atoms with Gasteiger partial charge in [0.05, 0.1) is 18.4 Å². The summed E-state index contributed by atoms with van der Waals surface area (Å²) in [6.45, 7) is 1.87. The maximum Gasteiger partial charge on any atom is 0.271 e. The SMILES string of the molecule is Cc1sc(-c2ccco2)nc1C(=O)N[C@@H]1CCCC[C@H]1O.